The zero-order valence-electron chi connectivity index (χ0n) is 12.5. The highest BCUT2D eigenvalue weighted by Gasteiger charge is 2.13. The van der Waals surface area contributed by atoms with Gasteiger partial charge in [0, 0.05) is 16.5 Å². The van der Waals surface area contributed by atoms with E-state index in [1.165, 1.54) is 18.2 Å². The third kappa shape index (κ3) is 5.79. The lowest BCUT2D eigenvalue weighted by molar-refractivity contribution is -0.117. The van der Waals surface area contributed by atoms with Gasteiger partial charge in [-0.15, -0.1) is 11.8 Å². The lowest BCUT2D eigenvalue weighted by Crippen LogP contribution is -2.31. The molecular formula is C16H11F4NO3S. The molecule has 2 amide bonds. The Morgan fingerprint density at radius 3 is 2.36 bits per heavy atom. The minimum absolute atomic E-state index is 0.0629. The van der Waals surface area contributed by atoms with E-state index in [-0.39, 0.29) is 22.0 Å². The second-order valence-corrected chi connectivity index (χ2v) is 5.66. The predicted octanol–water partition coefficient (Wildman–Crippen LogP) is 3.61. The van der Waals surface area contributed by atoms with Crippen LogP contribution in [0.4, 0.5) is 17.6 Å². The summed E-state index contributed by atoms with van der Waals surface area (Å²) in [6.45, 7) is -2.98. The van der Waals surface area contributed by atoms with E-state index >= 15 is 0 Å². The molecule has 0 aliphatic rings. The number of imide groups is 1. The minimum atomic E-state index is -2.98. The van der Waals surface area contributed by atoms with Crippen molar-refractivity contribution in [3.05, 3.63) is 59.7 Å². The van der Waals surface area contributed by atoms with E-state index in [9.17, 15) is 27.2 Å². The third-order valence-electron chi connectivity index (χ3n) is 2.85. The van der Waals surface area contributed by atoms with E-state index in [1.807, 2.05) is 0 Å². The Labute approximate surface area is 144 Å². The van der Waals surface area contributed by atoms with Crippen molar-refractivity contribution in [2.75, 3.05) is 5.75 Å². The Bertz CT molecular complexity index is 768. The molecule has 0 spiro atoms. The number of amides is 2. The minimum Gasteiger partial charge on any atom is -0.435 e. The summed E-state index contributed by atoms with van der Waals surface area (Å²) in [5, 5.41) is 2.07. The van der Waals surface area contributed by atoms with E-state index in [1.54, 1.807) is 0 Å². The normalized spacial score (nSPS) is 10.6. The Hall–Kier alpha value is -2.55. The topological polar surface area (TPSA) is 55.4 Å². The first kappa shape index (κ1) is 18.8. The molecular weight excluding hydrogens is 362 g/mol. The zero-order valence-corrected chi connectivity index (χ0v) is 13.3. The highest BCUT2D eigenvalue weighted by atomic mass is 32.2. The summed E-state index contributed by atoms with van der Waals surface area (Å²) in [6.07, 6.45) is 0. The molecule has 0 aliphatic carbocycles. The smallest absolute Gasteiger partial charge is 0.387 e. The maximum Gasteiger partial charge on any atom is 0.387 e. The quantitative estimate of drug-likeness (QED) is 0.621. The molecule has 0 fully saturated rings. The van der Waals surface area contributed by atoms with Crippen molar-refractivity contribution in [3.63, 3.8) is 0 Å². The molecule has 4 nitrogen and oxygen atoms in total. The van der Waals surface area contributed by atoms with Crippen molar-refractivity contribution >= 4 is 23.6 Å². The molecule has 2 aromatic rings. The number of benzene rings is 2. The molecule has 0 bridgehead atoms. The van der Waals surface area contributed by atoms with Gasteiger partial charge in [-0.1, -0.05) is 0 Å². The predicted molar refractivity (Wildman–Crippen MR) is 82.6 cm³/mol. The molecule has 0 aliphatic heterocycles. The second-order valence-electron chi connectivity index (χ2n) is 4.64. The summed E-state index contributed by atoms with van der Waals surface area (Å²) in [5.41, 5.74) is 0.0629. The molecule has 0 atom stereocenters. The lowest BCUT2D eigenvalue weighted by atomic mass is 10.2. The van der Waals surface area contributed by atoms with Crippen LogP contribution in [0.15, 0.2) is 47.4 Å². The van der Waals surface area contributed by atoms with Crippen molar-refractivity contribution < 1.29 is 31.9 Å². The van der Waals surface area contributed by atoms with E-state index in [2.05, 4.69) is 10.1 Å². The standard InChI is InChI=1S/C16H11F4NO3S/c17-10-3-6-13(12(18)7-10)25-8-14(22)21-15(23)9-1-4-11(5-2-9)24-16(19)20/h1-7,16H,8H2,(H,21,22,23). The third-order valence-corrected chi connectivity index (χ3v) is 3.90. The van der Waals surface area contributed by atoms with Crippen LogP contribution in [0.5, 0.6) is 5.75 Å². The Kier molecular flexibility index (Phi) is 6.40. The van der Waals surface area contributed by atoms with Gasteiger partial charge in [-0.2, -0.15) is 8.78 Å². The molecule has 0 unspecified atom stereocenters. The molecule has 25 heavy (non-hydrogen) atoms. The van der Waals surface area contributed by atoms with Gasteiger partial charge < -0.3 is 4.74 Å². The molecule has 1 N–H and O–H groups in total. The number of halogens is 4. The van der Waals surface area contributed by atoms with Gasteiger partial charge in [0.15, 0.2) is 0 Å². The highest BCUT2D eigenvalue weighted by molar-refractivity contribution is 8.00. The number of nitrogens with one attached hydrogen (secondary N) is 1. The Morgan fingerprint density at radius 1 is 1.08 bits per heavy atom. The molecule has 0 heterocycles. The molecule has 2 rings (SSSR count). The fourth-order valence-corrected chi connectivity index (χ4v) is 2.48. The molecule has 9 heteroatoms. The average molecular weight is 373 g/mol. The Morgan fingerprint density at radius 2 is 1.76 bits per heavy atom. The summed E-state index contributed by atoms with van der Waals surface area (Å²) in [4.78, 5) is 23.6. The number of carbonyl (C=O) groups excluding carboxylic acids is 2. The van der Waals surface area contributed by atoms with Gasteiger partial charge in [0.05, 0.1) is 5.75 Å². The van der Waals surface area contributed by atoms with Crippen LogP contribution in [-0.4, -0.2) is 24.2 Å². The number of ether oxygens (including phenoxy) is 1. The van der Waals surface area contributed by atoms with Gasteiger partial charge in [0.2, 0.25) is 5.91 Å². The van der Waals surface area contributed by atoms with Crippen LogP contribution in [0.2, 0.25) is 0 Å². The van der Waals surface area contributed by atoms with E-state index in [4.69, 9.17) is 0 Å². The van der Waals surface area contributed by atoms with Crippen molar-refractivity contribution in [2.45, 2.75) is 11.5 Å². The monoisotopic (exact) mass is 373 g/mol. The molecule has 132 valence electrons. The van der Waals surface area contributed by atoms with E-state index < -0.39 is 30.1 Å². The van der Waals surface area contributed by atoms with Gasteiger partial charge in [-0.25, -0.2) is 8.78 Å². The first-order valence-electron chi connectivity index (χ1n) is 6.82. The maximum absolute atomic E-state index is 13.4. The maximum atomic E-state index is 13.4. The van der Waals surface area contributed by atoms with Crippen molar-refractivity contribution in [2.24, 2.45) is 0 Å². The average Bonchev–Trinajstić information content (AvgIpc) is 2.54. The summed E-state index contributed by atoms with van der Waals surface area (Å²) < 4.78 is 54.4. The fraction of sp³-hybridized carbons (Fsp3) is 0.125. The van der Waals surface area contributed by atoms with Crippen LogP contribution in [0.3, 0.4) is 0 Å². The lowest BCUT2D eigenvalue weighted by Gasteiger charge is -2.07. The van der Waals surface area contributed by atoms with Gasteiger partial charge in [-0.3, -0.25) is 14.9 Å². The summed E-state index contributed by atoms with van der Waals surface area (Å²) >= 11 is 0.801. The number of thioether (sulfide) groups is 1. The highest BCUT2D eigenvalue weighted by Crippen LogP contribution is 2.22. The van der Waals surface area contributed by atoms with Crippen LogP contribution in [-0.2, 0) is 4.79 Å². The number of hydrogen-bond acceptors (Lipinski definition) is 4. The van der Waals surface area contributed by atoms with Gasteiger partial charge in [0.25, 0.3) is 5.91 Å². The number of hydrogen-bond donors (Lipinski definition) is 1. The van der Waals surface area contributed by atoms with Crippen molar-refractivity contribution in [1.29, 1.82) is 0 Å². The fourth-order valence-electron chi connectivity index (χ4n) is 1.76. The van der Waals surface area contributed by atoms with Gasteiger partial charge in [0.1, 0.15) is 17.4 Å². The largest absolute Gasteiger partial charge is 0.435 e. The van der Waals surface area contributed by atoms with Gasteiger partial charge in [-0.05, 0) is 36.4 Å². The first-order chi connectivity index (χ1) is 11.8. The van der Waals surface area contributed by atoms with Crippen molar-refractivity contribution in [3.8, 4) is 5.75 Å². The van der Waals surface area contributed by atoms with Crippen LogP contribution in [0.1, 0.15) is 10.4 Å². The zero-order chi connectivity index (χ0) is 18.4. The Balaban J connectivity index is 1.88. The molecule has 0 aromatic heterocycles. The van der Waals surface area contributed by atoms with Crippen LogP contribution in [0.25, 0.3) is 0 Å². The first-order valence-corrected chi connectivity index (χ1v) is 7.80. The van der Waals surface area contributed by atoms with Crippen LogP contribution < -0.4 is 10.1 Å². The van der Waals surface area contributed by atoms with Crippen LogP contribution in [0, 0.1) is 11.6 Å². The van der Waals surface area contributed by atoms with E-state index in [0.29, 0.717) is 6.07 Å². The van der Waals surface area contributed by atoms with Crippen molar-refractivity contribution in [1.82, 2.24) is 5.32 Å². The second kappa shape index (κ2) is 8.52. The molecule has 0 radical (unpaired) electrons. The van der Waals surface area contributed by atoms with Gasteiger partial charge >= 0.3 is 6.61 Å². The SMILES string of the molecule is O=C(CSc1ccc(F)cc1F)NC(=O)c1ccc(OC(F)F)cc1. The molecule has 0 saturated heterocycles. The molecule has 0 saturated carbocycles. The number of alkyl halides is 2. The van der Waals surface area contributed by atoms with Crippen LogP contribution >= 0.6 is 11.8 Å². The summed E-state index contributed by atoms with van der Waals surface area (Å²) in [6, 6.07) is 7.68. The molecule has 2 aromatic carbocycles. The summed E-state index contributed by atoms with van der Waals surface area (Å²) in [7, 11) is 0. The summed E-state index contributed by atoms with van der Waals surface area (Å²) in [5.74, 6) is -3.36. The van der Waals surface area contributed by atoms with E-state index in [0.717, 1.165) is 30.0 Å². The number of rotatable bonds is 6. The number of carbonyl (C=O) groups is 2.